The summed E-state index contributed by atoms with van der Waals surface area (Å²) in [5.74, 6) is 0.481. The maximum atomic E-state index is 11.0. The lowest BCUT2D eigenvalue weighted by Crippen LogP contribution is -2.25. The summed E-state index contributed by atoms with van der Waals surface area (Å²) >= 11 is 0. The molecule has 1 aliphatic heterocycles. The second-order valence-corrected chi connectivity index (χ2v) is 3.27. The van der Waals surface area contributed by atoms with E-state index in [0.717, 1.165) is 5.56 Å². The Bertz CT molecular complexity index is 374. The van der Waals surface area contributed by atoms with Crippen molar-refractivity contribution < 1.29 is 14.6 Å². The molecule has 0 fully saturated rings. The number of carbonyl (C=O) groups is 1. The van der Waals surface area contributed by atoms with Gasteiger partial charge in [-0.1, -0.05) is 6.07 Å². The number of rotatable bonds is 1. The van der Waals surface area contributed by atoms with Gasteiger partial charge in [-0.2, -0.15) is 0 Å². The van der Waals surface area contributed by atoms with Crippen LogP contribution in [0.25, 0.3) is 0 Å². The van der Waals surface area contributed by atoms with Gasteiger partial charge in [0, 0.05) is 0 Å². The van der Waals surface area contributed by atoms with Crippen LogP contribution in [0.5, 0.6) is 5.75 Å². The van der Waals surface area contributed by atoms with Gasteiger partial charge >= 0.3 is 0 Å². The first-order valence-corrected chi connectivity index (χ1v) is 4.41. The maximum Gasteiger partial charge on any atom is 0.262 e. The first-order valence-electron chi connectivity index (χ1n) is 4.41. The zero-order chi connectivity index (χ0) is 10.1. The summed E-state index contributed by atoms with van der Waals surface area (Å²) in [5, 5.41) is 12.0. The predicted molar refractivity (Wildman–Crippen MR) is 51.2 cm³/mol. The fourth-order valence-corrected chi connectivity index (χ4v) is 1.36. The number of amides is 1. The lowest BCUT2D eigenvalue weighted by molar-refractivity contribution is -0.118. The highest BCUT2D eigenvalue weighted by Crippen LogP contribution is 2.30. The van der Waals surface area contributed by atoms with Crippen LogP contribution in [0, 0.1) is 0 Å². The van der Waals surface area contributed by atoms with Crippen LogP contribution in [-0.4, -0.2) is 17.6 Å². The van der Waals surface area contributed by atoms with Gasteiger partial charge in [0.05, 0.1) is 11.8 Å². The van der Waals surface area contributed by atoms with Gasteiger partial charge in [-0.15, -0.1) is 0 Å². The minimum absolute atomic E-state index is 0.0566. The van der Waals surface area contributed by atoms with Crippen LogP contribution in [0.1, 0.15) is 18.6 Å². The highest BCUT2D eigenvalue weighted by atomic mass is 16.5. The summed E-state index contributed by atoms with van der Waals surface area (Å²) in [5.41, 5.74) is 1.38. The average Bonchev–Trinajstić information content (AvgIpc) is 2.16. The van der Waals surface area contributed by atoms with Crippen molar-refractivity contribution in [3.63, 3.8) is 0 Å². The van der Waals surface area contributed by atoms with Crippen molar-refractivity contribution in [2.24, 2.45) is 0 Å². The van der Waals surface area contributed by atoms with Crippen LogP contribution in [0.3, 0.4) is 0 Å². The molecule has 1 heterocycles. The second kappa shape index (κ2) is 3.31. The molecule has 0 saturated carbocycles. The number of ether oxygens (including phenoxy) is 1. The molecule has 14 heavy (non-hydrogen) atoms. The first kappa shape index (κ1) is 9.02. The van der Waals surface area contributed by atoms with E-state index in [0.29, 0.717) is 11.4 Å². The van der Waals surface area contributed by atoms with Crippen LogP contribution in [-0.2, 0) is 4.79 Å². The molecule has 0 saturated heterocycles. The largest absolute Gasteiger partial charge is 0.482 e. The molecule has 0 bridgehead atoms. The van der Waals surface area contributed by atoms with Crippen LogP contribution in [0.2, 0.25) is 0 Å². The quantitative estimate of drug-likeness (QED) is 0.701. The third-order valence-electron chi connectivity index (χ3n) is 2.12. The number of nitrogens with one attached hydrogen (secondary N) is 1. The molecule has 2 N–H and O–H groups in total. The lowest BCUT2D eigenvalue weighted by atomic mass is 10.1. The minimum atomic E-state index is -0.542. The fraction of sp³-hybridized carbons (Fsp3) is 0.300. The van der Waals surface area contributed by atoms with Crippen molar-refractivity contribution in [2.45, 2.75) is 13.0 Å². The Kier molecular flexibility index (Phi) is 2.13. The number of anilines is 1. The molecule has 0 unspecified atom stereocenters. The van der Waals surface area contributed by atoms with E-state index in [1.165, 1.54) is 0 Å². The van der Waals surface area contributed by atoms with Gasteiger partial charge in [-0.25, -0.2) is 0 Å². The zero-order valence-corrected chi connectivity index (χ0v) is 7.78. The Morgan fingerprint density at radius 1 is 1.57 bits per heavy atom. The van der Waals surface area contributed by atoms with Gasteiger partial charge in [0.1, 0.15) is 5.75 Å². The Morgan fingerprint density at radius 3 is 3.07 bits per heavy atom. The summed E-state index contributed by atoms with van der Waals surface area (Å²) < 4.78 is 5.18. The normalized spacial score (nSPS) is 16.6. The van der Waals surface area contributed by atoms with Gasteiger partial charge in [0.15, 0.2) is 6.61 Å². The number of benzene rings is 1. The van der Waals surface area contributed by atoms with Gasteiger partial charge in [0.2, 0.25) is 0 Å². The Hall–Kier alpha value is -1.55. The van der Waals surface area contributed by atoms with Gasteiger partial charge in [-0.3, -0.25) is 4.79 Å². The number of aliphatic hydroxyl groups excluding tert-OH is 1. The molecule has 1 aromatic carbocycles. The minimum Gasteiger partial charge on any atom is -0.482 e. The SMILES string of the molecule is C[C@@H](O)c1ccc2c(c1)NC(=O)CO2. The van der Waals surface area contributed by atoms with Crippen molar-refractivity contribution in [1.29, 1.82) is 0 Å². The Balaban J connectivity index is 2.37. The molecule has 4 heteroatoms. The fourth-order valence-electron chi connectivity index (χ4n) is 1.36. The van der Waals surface area contributed by atoms with Crippen molar-refractivity contribution in [1.82, 2.24) is 0 Å². The molecule has 1 amide bonds. The maximum absolute atomic E-state index is 11.0. The standard InChI is InChI=1S/C10H11NO3/c1-6(12)7-2-3-9-8(4-7)11-10(13)5-14-9/h2-4,6,12H,5H2,1H3,(H,11,13)/t6-/m1/s1. The van der Waals surface area contributed by atoms with E-state index in [9.17, 15) is 9.90 Å². The number of hydrogen-bond acceptors (Lipinski definition) is 3. The van der Waals surface area contributed by atoms with E-state index in [1.54, 1.807) is 25.1 Å². The summed E-state index contributed by atoms with van der Waals surface area (Å²) in [4.78, 5) is 11.0. The Labute approximate surface area is 81.5 Å². The zero-order valence-electron chi connectivity index (χ0n) is 7.78. The van der Waals surface area contributed by atoms with Crippen molar-refractivity contribution >= 4 is 11.6 Å². The molecule has 74 valence electrons. The second-order valence-electron chi connectivity index (χ2n) is 3.27. The summed E-state index contributed by atoms with van der Waals surface area (Å²) in [6.45, 7) is 1.73. The molecule has 1 aliphatic rings. The lowest BCUT2D eigenvalue weighted by Gasteiger charge is -2.19. The summed E-state index contributed by atoms with van der Waals surface area (Å²) in [7, 11) is 0. The van der Waals surface area contributed by atoms with Crippen LogP contribution < -0.4 is 10.1 Å². The Morgan fingerprint density at radius 2 is 2.36 bits per heavy atom. The highest BCUT2D eigenvalue weighted by Gasteiger charge is 2.16. The van der Waals surface area contributed by atoms with E-state index < -0.39 is 6.10 Å². The van der Waals surface area contributed by atoms with Gasteiger partial charge < -0.3 is 15.2 Å². The number of fused-ring (bicyclic) bond motifs is 1. The van der Waals surface area contributed by atoms with Crippen LogP contribution >= 0.6 is 0 Å². The van der Waals surface area contributed by atoms with E-state index >= 15 is 0 Å². The van der Waals surface area contributed by atoms with Crippen molar-refractivity contribution in [3.8, 4) is 5.75 Å². The molecule has 2 rings (SSSR count). The number of carbonyl (C=O) groups excluding carboxylic acids is 1. The molecular weight excluding hydrogens is 182 g/mol. The first-order chi connectivity index (χ1) is 6.66. The summed E-state index contributed by atoms with van der Waals surface area (Å²) in [6, 6.07) is 5.24. The molecule has 4 nitrogen and oxygen atoms in total. The van der Waals surface area contributed by atoms with Crippen molar-refractivity contribution in [2.75, 3.05) is 11.9 Å². The average molecular weight is 193 g/mol. The number of aliphatic hydroxyl groups is 1. The molecule has 0 spiro atoms. The van der Waals surface area contributed by atoms with Gasteiger partial charge in [0.25, 0.3) is 5.91 Å². The molecule has 0 radical (unpaired) electrons. The smallest absolute Gasteiger partial charge is 0.262 e. The van der Waals surface area contributed by atoms with Crippen LogP contribution in [0.15, 0.2) is 18.2 Å². The predicted octanol–water partition coefficient (Wildman–Crippen LogP) is 1.07. The number of hydrogen-bond donors (Lipinski definition) is 2. The molecule has 0 aromatic heterocycles. The molecular formula is C10H11NO3. The van der Waals surface area contributed by atoms with E-state index in [-0.39, 0.29) is 12.5 Å². The molecule has 0 aliphatic carbocycles. The highest BCUT2D eigenvalue weighted by molar-refractivity contribution is 5.95. The van der Waals surface area contributed by atoms with Crippen molar-refractivity contribution in [3.05, 3.63) is 23.8 Å². The molecule has 1 aromatic rings. The summed E-state index contributed by atoms with van der Waals surface area (Å²) in [6.07, 6.45) is -0.542. The van der Waals surface area contributed by atoms with E-state index in [1.807, 2.05) is 0 Å². The van der Waals surface area contributed by atoms with E-state index in [2.05, 4.69) is 5.32 Å². The van der Waals surface area contributed by atoms with Gasteiger partial charge in [-0.05, 0) is 24.6 Å². The topological polar surface area (TPSA) is 58.6 Å². The molecule has 1 atom stereocenters. The third kappa shape index (κ3) is 1.56. The third-order valence-corrected chi connectivity index (χ3v) is 2.12. The monoisotopic (exact) mass is 193 g/mol. The van der Waals surface area contributed by atoms with E-state index in [4.69, 9.17) is 4.74 Å². The van der Waals surface area contributed by atoms with Crippen LogP contribution in [0.4, 0.5) is 5.69 Å².